The lowest BCUT2D eigenvalue weighted by Gasteiger charge is -2.30. The lowest BCUT2D eigenvalue weighted by atomic mass is 9.98. The Kier molecular flexibility index (Phi) is 7.17. The zero-order chi connectivity index (χ0) is 24.2. The number of benzene rings is 2. The SMILES string of the molecule is CN(C)C[C@H](NC(=O)OCC1c2ccccc2-c2ccccc21)C(=O)N1CCC[C@@H]1CC(=O)O. The summed E-state index contributed by atoms with van der Waals surface area (Å²) in [6, 6.07) is 15.0. The van der Waals surface area contributed by atoms with Gasteiger partial charge in [0.1, 0.15) is 12.6 Å². The van der Waals surface area contributed by atoms with Crippen molar-refractivity contribution in [2.24, 2.45) is 0 Å². The quantitative estimate of drug-likeness (QED) is 0.622. The third-order valence-electron chi connectivity index (χ3n) is 6.55. The third-order valence-corrected chi connectivity index (χ3v) is 6.55. The van der Waals surface area contributed by atoms with Gasteiger partial charge in [-0.1, -0.05) is 48.5 Å². The Morgan fingerprint density at radius 3 is 2.29 bits per heavy atom. The zero-order valence-electron chi connectivity index (χ0n) is 19.6. The highest BCUT2D eigenvalue weighted by molar-refractivity contribution is 5.87. The number of carbonyl (C=O) groups excluding carboxylic acids is 2. The van der Waals surface area contributed by atoms with Gasteiger partial charge < -0.3 is 25.0 Å². The summed E-state index contributed by atoms with van der Waals surface area (Å²) >= 11 is 0. The second kappa shape index (κ2) is 10.3. The predicted molar refractivity (Wildman–Crippen MR) is 128 cm³/mol. The molecule has 8 nitrogen and oxygen atoms in total. The Morgan fingerprint density at radius 2 is 1.71 bits per heavy atom. The van der Waals surface area contributed by atoms with E-state index in [1.165, 1.54) is 0 Å². The highest BCUT2D eigenvalue weighted by Gasteiger charge is 2.36. The standard InChI is InChI=1S/C26H31N3O5/c1-28(2)15-23(25(32)29-13-7-8-17(29)14-24(30)31)27-26(33)34-16-22-20-11-5-3-9-18(20)19-10-4-6-12-21(19)22/h3-6,9-12,17,22-23H,7-8,13-16H2,1-2H3,(H,27,33)(H,30,31)/t17-,23+/m1/s1. The van der Waals surface area contributed by atoms with E-state index in [9.17, 15) is 19.5 Å². The molecule has 0 saturated carbocycles. The summed E-state index contributed by atoms with van der Waals surface area (Å²) in [7, 11) is 3.64. The van der Waals surface area contributed by atoms with E-state index in [0.717, 1.165) is 28.7 Å². The van der Waals surface area contributed by atoms with Crippen molar-refractivity contribution in [1.29, 1.82) is 0 Å². The van der Waals surface area contributed by atoms with Crippen molar-refractivity contribution in [3.63, 3.8) is 0 Å². The van der Waals surface area contributed by atoms with Gasteiger partial charge >= 0.3 is 12.1 Å². The number of rotatable bonds is 8. The molecule has 4 rings (SSSR count). The molecule has 0 radical (unpaired) electrons. The molecule has 180 valence electrons. The molecule has 1 saturated heterocycles. The summed E-state index contributed by atoms with van der Waals surface area (Å²) < 4.78 is 5.62. The molecule has 2 atom stereocenters. The van der Waals surface area contributed by atoms with Crippen molar-refractivity contribution in [3.05, 3.63) is 59.7 Å². The number of aliphatic carboxylic acids is 1. The summed E-state index contributed by atoms with van der Waals surface area (Å²) in [5.41, 5.74) is 4.52. The second-order valence-corrected chi connectivity index (χ2v) is 9.21. The van der Waals surface area contributed by atoms with E-state index >= 15 is 0 Å². The van der Waals surface area contributed by atoms with Crippen LogP contribution in [0.1, 0.15) is 36.3 Å². The third kappa shape index (κ3) is 5.07. The van der Waals surface area contributed by atoms with Crippen molar-refractivity contribution in [3.8, 4) is 11.1 Å². The van der Waals surface area contributed by atoms with Gasteiger partial charge in [0.25, 0.3) is 0 Å². The summed E-state index contributed by atoms with van der Waals surface area (Å²) in [6.07, 6.45) is 0.655. The van der Waals surface area contributed by atoms with Crippen molar-refractivity contribution in [2.45, 2.75) is 37.3 Å². The minimum Gasteiger partial charge on any atom is -0.481 e. The monoisotopic (exact) mass is 465 g/mol. The van der Waals surface area contributed by atoms with E-state index in [1.807, 2.05) is 43.3 Å². The maximum atomic E-state index is 13.2. The molecule has 1 aliphatic carbocycles. The second-order valence-electron chi connectivity index (χ2n) is 9.21. The highest BCUT2D eigenvalue weighted by Crippen LogP contribution is 2.44. The lowest BCUT2D eigenvalue weighted by molar-refractivity contribution is -0.140. The summed E-state index contributed by atoms with van der Waals surface area (Å²) in [4.78, 5) is 40.6. The Labute approximate surface area is 199 Å². The number of nitrogens with zero attached hydrogens (tertiary/aromatic N) is 2. The molecule has 2 N–H and O–H groups in total. The van der Waals surface area contributed by atoms with E-state index in [-0.39, 0.29) is 30.9 Å². The average Bonchev–Trinajstić information content (AvgIpc) is 3.38. The Balaban J connectivity index is 1.43. The van der Waals surface area contributed by atoms with E-state index in [2.05, 4.69) is 29.6 Å². The molecule has 0 spiro atoms. The number of carboxylic acids is 1. The van der Waals surface area contributed by atoms with Crippen LogP contribution in [-0.4, -0.2) is 78.8 Å². The molecule has 2 aliphatic rings. The van der Waals surface area contributed by atoms with Crippen LogP contribution in [0.2, 0.25) is 0 Å². The molecular formula is C26H31N3O5. The van der Waals surface area contributed by atoms with Gasteiger partial charge in [-0.2, -0.15) is 0 Å². The molecule has 2 aromatic rings. The van der Waals surface area contributed by atoms with Gasteiger partial charge in [-0.05, 0) is 49.2 Å². The van der Waals surface area contributed by atoms with E-state index in [4.69, 9.17) is 4.74 Å². The maximum absolute atomic E-state index is 13.2. The number of likely N-dealkylation sites (N-methyl/N-ethyl adjacent to an activating group) is 1. The number of likely N-dealkylation sites (tertiary alicyclic amines) is 1. The van der Waals surface area contributed by atoms with Crippen molar-refractivity contribution < 1.29 is 24.2 Å². The minimum atomic E-state index is -0.932. The molecular weight excluding hydrogens is 434 g/mol. The van der Waals surface area contributed by atoms with Gasteiger partial charge in [0, 0.05) is 25.0 Å². The smallest absolute Gasteiger partial charge is 0.407 e. The van der Waals surface area contributed by atoms with Gasteiger partial charge in [0.15, 0.2) is 0 Å². The lowest BCUT2D eigenvalue weighted by Crippen LogP contribution is -2.54. The number of hydrogen-bond acceptors (Lipinski definition) is 5. The number of carbonyl (C=O) groups is 3. The zero-order valence-corrected chi connectivity index (χ0v) is 19.6. The van der Waals surface area contributed by atoms with Crippen molar-refractivity contribution >= 4 is 18.0 Å². The predicted octanol–water partition coefficient (Wildman–Crippen LogP) is 2.92. The van der Waals surface area contributed by atoms with Crippen molar-refractivity contribution in [2.75, 3.05) is 33.8 Å². The van der Waals surface area contributed by atoms with Crippen LogP contribution in [0.3, 0.4) is 0 Å². The number of amides is 2. The fourth-order valence-corrected chi connectivity index (χ4v) is 5.07. The average molecular weight is 466 g/mol. The summed E-state index contributed by atoms with van der Waals surface area (Å²) in [5.74, 6) is -1.27. The van der Waals surface area contributed by atoms with Crippen LogP contribution in [0.4, 0.5) is 4.79 Å². The van der Waals surface area contributed by atoms with Gasteiger partial charge in [-0.25, -0.2) is 4.79 Å². The van der Waals surface area contributed by atoms with Crippen molar-refractivity contribution in [1.82, 2.24) is 15.1 Å². The Morgan fingerprint density at radius 1 is 1.09 bits per heavy atom. The molecule has 0 bridgehead atoms. The molecule has 1 aliphatic heterocycles. The summed E-state index contributed by atoms with van der Waals surface area (Å²) in [6.45, 7) is 0.945. The van der Waals surface area contributed by atoms with Crippen LogP contribution in [0.25, 0.3) is 11.1 Å². The molecule has 0 unspecified atom stereocenters. The Bertz CT molecular complexity index is 1020. The van der Waals surface area contributed by atoms with Crippen LogP contribution in [0.15, 0.2) is 48.5 Å². The van der Waals surface area contributed by atoms with Crippen LogP contribution < -0.4 is 5.32 Å². The first-order valence-electron chi connectivity index (χ1n) is 11.6. The van der Waals surface area contributed by atoms with E-state index in [0.29, 0.717) is 19.5 Å². The first kappa shape index (κ1) is 23.8. The van der Waals surface area contributed by atoms with Crippen LogP contribution >= 0.6 is 0 Å². The maximum Gasteiger partial charge on any atom is 0.407 e. The molecule has 8 heteroatoms. The minimum absolute atomic E-state index is 0.0697. The highest BCUT2D eigenvalue weighted by atomic mass is 16.5. The molecule has 2 aromatic carbocycles. The first-order valence-corrected chi connectivity index (χ1v) is 11.6. The van der Waals surface area contributed by atoms with Crippen LogP contribution in [-0.2, 0) is 14.3 Å². The first-order chi connectivity index (χ1) is 16.3. The molecule has 2 amide bonds. The number of ether oxygens (including phenoxy) is 1. The van der Waals surface area contributed by atoms with Crippen LogP contribution in [0, 0.1) is 0 Å². The Hall–Kier alpha value is -3.39. The number of carboxylic acid groups (broad SMARTS) is 1. The normalized spacial score (nSPS) is 17.9. The fourth-order valence-electron chi connectivity index (χ4n) is 5.07. The number of hydrogen-bond donors (Lipinski definition) is 2. The van der Waals surface area contributed by atoms with E-state index < -0.39 is 18.1 Å². The number of nitrogens with one attached hydrogen (secondary N) is 1. The molecule has 1 fully saturated rings. The number of fused-ring (bicyclic) bond motifs is 3. The molecule has 34 heavy (non-hydrogen) atoms. The molecule has 0 aromatic heterocycles. The summed E-state index contributed by atoms with van der Waals surface area (Å²) in [5, 5.41) is 11.9. The van der Waals surface area contributed by atoms with Gasteiger partial charge in [-0.3, -0.25) is 9.59 Å². The van der Waals surface area contributed by atoms with Crippen LogP contribution in [0.5, 0.6) is 0 Å². The number of alkyl carbamates (subject to hydrolysis) is 1. The van der Waals surface area contributed by atoms with Gasteiger partial charge in [0.05, 0.1) is 6.42 Å². The topological polar surface area (TPSA) is 99.2 Å². The van der Waals surface area contributed by atoms with Gasteiger partial charge in [-0.15, -0.1) is 0 Å². The largest absolute Gasteiger partial charge is 0.481 e. The molecule has 1 heterocycles. The van der Waals surface area contributed by atoms with Gasteiger partial charge in [0.2, 0.25) is 5.91 Å². The van der Waals surface area contributed by atoms with E-state index in [1.54, 1.807) is 4.90 Å². The fraction of sp³-hybridized carbons (Fsp3) is 0.423.